The number of benzene rings is 1. The van der Waals surface area contributed by atoms with E-state index in [1.165, 1.54) is 0 Å². The van der Waals surface area contributed by atoms with Crippen LogP contribution in [-0.2, 0) is 16.1 Å². The molecular formula is C13H20N2O4. The Bertz CT molecular complexity index is 359. The van der Waals surface area contributed by atoms with Crippen molar-refractivity contribution in [2.45, 2.75) is 12.7 Å². The van der Waals surface area contributed by atoms with Gasteiger partial charge in [-0.25, -0.2) is 4.79 Å². The van der Waals surface area contributed by atoms with Gasteiger partial charge in [-0.05, 0) is 5.56 Å². The Morgan fingerprint density at radius 2 is 2.11 bits per heavy atom. The maximum Gasteiger partial charge on any atom is 0.404 e. The standard InChI is InChI=1S/C13H20N2O4/c14-13(17)19-7-6-15-8-12(16)10-18-9-11-4-2-1-3-5-11/h1-5,12,15-16H,6-10H2,(H2,14,17). The molecule has 19 heavy (non-hydrogen) atoms. The van der Waals surface area contributed by atoms with Crippen molar-refractivity contribution in [3.05, 3.63) is 35.9 Å². The number of aliphatic hydroxyl groups is 1. The SMILES string of the molecule is NC(=O)OCCNCC(O)COCc1ccccc1. The number of ether oxygens (including phenoxy) is 2. The molecule has 0 spiro atoms. The molecule has 0 saturated heterocycles. The number of nitrogens with two attached hydrogens (primary N) is 1. The minimum Gasteiger partial charge on any atom is -0.448 e. The van der Waals surface area contributed by atoms with Crippen LogP contribution in [0.2, 0.25) is 0 Å². The molecule has 0 bridgehead atoms. The van der Waals surface area contributed by atoms with Crippen molar-refractivity contribution in [2.24, 2.45) is 5.73 Å². The molecule has 0 heterocycles. The van der Waals surface area contributed by atoms with E-state index in [1.807, 2.05) is 30.3 Å². The topological polar surface area (TPSA) is 93.8 Å². The van der Waals surface area contributed by atoms with Crippen LogP contribution >= 0.6 is 0 Å². The first-order valence-corrected chi connectivity index (χ1v) is 6.11. The van der Waals surface area contributed by atoms with Crippen LogP contribution in [-0.4, -0.2) is 43.6 Å². The van der Waals surface area contributed by atoms with Crippen LogP contribution in [0.3, 0.4) is 0 Å². The van der Waals surface area contributed by atoms with E-state index in [2.05, 4.69) is 10.1 Å². The highest BCUT2D eigenvalue weighted by molar-refractivity contribution is 5.64. The number of aliphatic hydroxyl groups excluding tert-OH is 1. The number of hydrogen-bond acceptors (Lipinski definition) is 5. The predicted molar refractivity (Wildman–Crippen MR) is 70.5 cm³/mol. The van der Waals surface area contributed by atoms with Crippen molar-refractivity contribution >= 4 is 6.09 Å². The van der Waals surface area contributed by atoms with Gasteiger partial charge in [0.05, 0.1) is 19.3 Å². The zero-order chi connectivity index (χ0) is 13.9. The summed E-state index contributed by atoms with van der Waals surface area (Å²) in [5.41, 5.74) is 5.86. The van der Waals surface area contributed by atoms with Crippen molar-refractivity contribution in [1.29, 1.82) is 0 Å². The fourth-order valence-electron chi connectivity index (χ4n) is 1.44. The maximum atomic E-state index is 10.3. The van der Waals surface area contributed by atoms with Gasteiger partial charge >= 0.3 is 6.09 Å². The monoisotopic (exact) mass is 268 g/mol. The number of hydrogen-bond donors (Lipinski definition) is 3. The highest BCUT2D eigenvalue weighted by atomic mass is 16.5. The zero-order valence-electron chi connectivity index (χ0n) is 10.7. The molecule has 1 aromatic carbocycles. The Labute approximate surface area is 112 Å². The fraction of sp³-hybridized carbons (Fsp3) is 0.462. The van der Waals surface area contributed by atoms with Gasteiger partial charge in [0, 0.05) is 13.1 Å². The van der Waals surface area contributed by atoms with Gasteiger partial charge in [0.2, 0.25) is 0 Å². The molecule has 1 aromatic rings. The Morgan fingerprint density at radius 3 is 2.79 bits per heavy atom. The first-order valence-electron chi connectivity index (χ1n) is 6.11. The lowest BCUT2D eigenvalue weighted by atomic mass is 10.2. The van der Waals surface area contributed by atoms with Crippen molar-refractivity contribution < 1.29 is 19.4 Å². The van der Waals surface area contributed by atoms with Gasteiger partial charge in [-0.2, -0.15) is 0 Å². The average molecular weight is 268 g/mol. The molecule has 1 atom stereocenters. The van der Waals surface area contributed by atoms with Crippen LogP contribution in [0.25, 0.3) is 0 Å². The summed E-state index contributed by atoms with van der Waals surface area (Å²) < 4.78 is 9.91. The quantitative estimate of drug-likeness (QED) is 0.558. The molecule has 0 aromatic heterocycles. The summed E-state index contributed by atoms with van der Waals surface area (Å²) in [6.07, 6.45) is -1.40. The van der Waals surface area contributed by atoms with Gasteiger partial charge in [0.15, 0.2) is 0 Å². The van der Waals surface area contributed by atoms with Gasteiger partial charge < -0.3 is 25.6 Å². The third kappa shape index (κ3) is 8.15. The fourth-order valence-corrected chi connectivity index (χ4v) is 1.44. The molecular weight excluding hydrogens is 248 g/mol. The Kier molecular flexibility index (Phi) is 7.57. The summed E-state index contributed by atoms with van der Waals surface area (Å²) in [5.74, 6) is 0. The van der Waals surface area contributed by atoms with E-state index in [4.69, 9.17) is 10.5 Å². The highest BCUT2D eigenvalue weighted by Gasteiger charge is 2.04. The van der Waals surface area contributed by atoms with Gasteiger partial charge in [-0.3, -0.25) is 0 Å². The summed E-state index contributed by atoms with van der Waals surface area (Å²) >= 11 is 0. The Hall–Kier alpha value is -1.63. The molecule has 0 radical (unpaired) electrons. The van der Waals surface area contributed by atoms with Crippen LogP contribution in [0.1, 0.15) is 5.56 Å². The largest absolute Gasteiger partial charge is 0.448 e. The third-order valence-corrected chi connectivity index (χ3v) is 2.32. The summed E-state index contributed by atoms with van der Waals surface area (Å²) in [7, 11) is 0. The summed E-state index contributed by atoms with van der Waals surface area (Å²) in [5, 5.41) is 12.5. The molecule has 6 heteroatoms. The van der Waals surface area contributed by atoms with Gasteiger partial charge in [-0.1, -0.05) is 30.3 Å². The Morgan fingerprint density at radius 1 is 1.37 bits per heavy atom. The van der Waals surface area contributed by atoms with Crippen molar-refractivity contribution in [3.63, 3.8) is 0 Å². The highest BCUT2D eigenvalue weighted by Crippen LogP contribution is 2.00. The van der Waals surface area contributed by atoms with Crippen LogP contribution in [0.4, 0.5) is 4.79 Å². The van der Waals surface area contributed by atoms with Crippen LogP contribution in [0.15, 0.2) is 30.3 Å². The molecule has 106 valence electrons. The lowest BCUT2D eigenvalue weighted by molar-refractivity contribution is 0.0284. The lowest BCUT2D eigenvalue weighted by Gasteiger charge is -2.12. The molecule has 6 nitrogen and oxygen atoms in total. The van der Waals surface area contributed by atoms with Crippen LogP contribution in [0, 0.1) is 0 Å². The van der Waals surface area contributed by atoms with Crippen molar-refractivity contribution in [1.82, 2.24) is 5.32 Å². The first kappa shape index (κ1) is 15.4. The van der Waals surface area contributed by atoms with Gasteiger partial charge in [0.25, 0.3) is 0 Å². The molecule has 1 unspecified atom stereocenters. The number of carbonyl (C=O) groups excluding carboxylic acids is 1. The first-order chi connectivity index (χ1) is 9.18. The molecule has 4 N–H and O–H groups in total. The van der Waals surface area contributed by atoms with E-state index in [0.29, 0.717) is 19.7 Å². The number of primary amides is 1. The minimum absolute atomic E-state index is 0.187. The third-order valence-electron chi connectivity index (χ3n) is 2.32. The van der Waals surface area contributed by atoms with Gasteiger partial charge in [-0.15, -0.1) is 0 Å². The van der Waals surface area contributed by atoms with E-state index in [9.17, 15) is 9.90 Å². The minimum atomic E-state index is -0.798. The number of carbonyl (C=O) groups is 1. The van der Waals surface area contributed by atoms with E-state index in [1.54, 1.807) is 0 Å². The van der Waals surface area contributed by atoms with Gasteiger partial charge in [0.1, 0.15) is 6.61 Å². The van der Waals surface area contributed by atoms with Crippen LogP contribution in [0.5, 0.6) is 0 Å². The van der Waals surface area contributed by atoms with Crippen molar-refractivity contribution in [2.75, 3.05) is 26.3 Å². The smallest absolute Gasteiger partial charge is 0.404 e. The number of rotatable bonds is 9. The number of nitrogens with one attached hydrogen (secondary N) is 1. The molecule has 0 aliphatic heterocycles. The predicted octanol–water partition coefficient (Wildman–Crippen LogP) is 0.249. The van der Waals surface area contributed by atoms with E-state index in [0.717, 1.165) is 5.56 Å². The Balaban J connectivity index is 1.99. The molecule has 1 rings (SSSR count). The van der Waals surface area contributed by atoms with E-state index < -0.39 is 12.2 Å². The molecule has 0 aliphatic rings. The summed E-state index contributed by atoms with van der Waals surface area (Å²) in [4.78, 5) is 10.3. The average Bonchev–Trinajstić information content (AvgIpc) is 2.39. The van der Waals surface area contributed by atoms with Crippen LogP contribution < -0.4 is 11.1 Å². The molecule has 0 fully saturated rings. The maximum absolute atomic E-state index is 10.3. The van der Waals surface area contributed by atoms with E-state index >= 15 is 0 Å². The summed E-state index contributed by atoms with van der Waals surface area (Å²) in [6, 6.07) is 9.75. The summed E-state index contributed by atoms with van der Waals surface area (Å²) in [6.45, 7) is 1.73. The normalized spacial score (nSPS) is 12.1. The molecule has 0 aliphatic carbocycles. The second-order valence-corrected chi connectivity index (χ2v) is 4.03. The molecule has 1 amide bonds. The van der Waals surface area contributed by atoms with Crippen molar-refractivity contribution in [3.8, 4) is 0 Å². The lowest BCUT2D eigenvalue weighted by Crippen LogP contribution is -2.33. The second-order valence-electron chi connectivity index (χ2n) is 4.03. The molecule has 0 saturated carbocycles. The zero-order valence-corrected chi connectivity index (χ0v) is 10.7. The van der Waals surface area contributed by atoms with E-state index in [-0.39, 0.29) is 13.2 Å². The number of amides is 1. The second kappa shape index (κ2) is 9.32.